The second-order valence-electron chi connectivity index (χ2n) is 4.76. The first-order valence-corrected chi connectivity index (χ1v) is 8.34. The zero-order chi connectivity index (χ0) is 15.0. The third-order valence-corrected chi connectivity index (χ3v) is 4.99. The summed E-state index contributed by atoms with van der Waals surface area (Å²) in [5.41, 5.74) is 3.65. The van der Waals surface area contributed by atoms with Gasteiger partial charge >= 0.3 is 5.76 Å². The molecule has 0 saturated carbocycles. The van der Waals surface area contributed by atoms with E-state index in [9.17, 15) is 4.79 Å². The summed E-state index contributed by atoms with van der Waals surface area (Å²) < 4.78 is 7.98. The molecule has 21 heavy (non-hydrogen) atoms. The summed E-state index contributed by atoms with van der Waals surface area (Å²) in [4.78, 5) is 11.8. The van der Waals surface area contributed by atoms with Gasteiger partial charge in [-0.3, -0.25) is 4.57 Å². The van der Waals surface area contributed by atoms with Crippen molar-refractivity contribution >= 4 is 43.0 Å². The van der Waals surface area contributed by atoms with Crippen LogP contribution >= 0.6 is 31.9 Å². The Morgan fingerprint density at radius 1 is 1.19 bits per heavy atom. The van der Waals surface area contributed by atoms with Gasteiger partial charge in [0.05, 0.1) is 10.3 Å². The molecule has 2 aromatic carbocycles. The van der Waals surface area contributed by atoms with Gasteiger partial charge in [-0.2, -0.15) is 0 Å². The van der Waals surface area contributed by atoms with Gasteiger partial charge in [-0.25, -0.2) is 4.79 Å². The smallest absolute Gasteiger partial charge is 0.408 e. The minimum atomic E-state index is -0.307. The van der Waals surface area contributed by atoms with Crippen LogP contribution in [-0.4, -0.2) is 4.57 Å². The van der Waals surface area contributed by atoms with Crippen molar-refractivity contribution in [2.24, 2.45) is 0 Å². The van der Waals surface area contributed by atoms with E-state index in [-0.39, 0.29) is 10.6 Å². The lowest BCUT2D eigenvalue weighted by Crippen LogP contribution is -2.11. The van der Waals surface area contributed by atoms with Crippen LogP contribution < -0.4 is 5.76 Å². The van der Waals surface area contributed by atoms with Crippen molar-refractivity contribution in [2.75, 3.05) is 0 Å². The number of hydrogen-bond acceptors (Lipinski definition) is 2. The lowest BCUT2D eigenvalue weighted by Gasteiger charge is -2.11. The van der Waals surface area contributed by atoms with Crippen LogP contribution in [0.4, 0.5) is 0 Å². The molecule has 0 fully saturated rings. The molecule has 0 aliphatic heterocycles. The second kappa shape index (κ2) is 5.81. The number of oxazole rings is 1. The van der Waals surface area contributed by atoms with Crippen LogP contribution in [0.5, 0.6) is 0 Å². The van der Waals surface area contributed by atoms with Crippen molar-refractivity contribution in [2.45, 2.75) is 18.3 Å². The van der Waals surface area contributed by atoms with Gasteiger partial charge in [0.1, 0.15) is 0 Å². The highest BCUT2D eigenvalue weighted by molar-refractivity contribution is 9.10. The van der Waals surface area contributed by atoms with E-state index < -0.39 is 0 Å². The predicted molar refractivity (Wildman–Crippen MR) is 91.1 cm³/mol. The second-order valence-corrected chi connectivity index (χ2v) is 6.59. The summed E-state index contributed by atoms with van der Waals surface area (Å²) in [6.07, 6.45) is 0. The fraction of sp³-hybridized carbons (Fsp3) is 0.188. The zero-order valence-electron chi connectivity index (χ0n) is 11.3. The molecule has 1 aromatic heterocycles. The van der Waals surface area contributed by atoms with Gasteiger partial charge in [-0.1, -0.05) is 50.1 Å². The number of aryl methyl sites for hydroxylation is 1. The van der Waals surface area contributed by atoms with Crippen LogP contribution in [-0.2, 0) is 6.54 Å². The molecule has 3 aromatic rings. The molecule has 0 N–H and O–H groups in total. The topological polar surface area (TPSA) is 35.1 Å². The number of hydrogen-bond donors (Lipinski definition) is 0. The van der Waals surface area contributed by atoms with E-state index in [0.29, 0.717) is 12.1 Å². The molecule has 0 aliphatic carbocycles. The minimum Gasteiger partial charge on any atom is -0.408 e. The molecular weight excluding hydrogens is 398 g/mol. The maximum absolute atomic E-state index is 11.7. The number of aromatic nitrogens is 1. The standard InChI is InChI=1S/C16H13Br2NO2/c1-2-19-13-7-6-11(9-14(13)21-16(19)20)15(18)10-4-3-5-12(17)8-10/h3-9,15H,2H2,1H3. The van der Waals surface area contributed by atoms with Gasteiger partial charge < -0.3 is 4.42 Å². The summed E-state index contributed by atoms with van der Waals surface area (Å²) in [6, 6.07) is 14.0. The van der Waals surface area contributed by atoms with Gasteiger partial charge in [0.2, 0.25) is 0 Å². The fourth-order valence-corrected chi connectivity index (χ4v) is 3.38. The van der Waals surface area contributed by atoms with Crippen molar-refractivity contribution in [1.82, 2.24) is 4.57 Å². The zero-order valence-corrected chi connectivity index (χ0v) is 14.5. The Hall–Kier alpha value is -1.33. The molecular formula is C16H13Br2NO2. The van der Waals surface area contributed by atoms with E-state index in [2.05, 4.69) is 44.0 Å². The monoisotopic (exact) mass is 409 g/mol. The highest BCUT2D eigenvalue weighted by Gasteiger charge is 2.14. The van der Waals surface area contributed by atoms with Crippen molar-refractivity contribution in [1.29, 1.82) is 0 Å². The third-order valence-electron chi connectivity index (χ3n) is 3.44. The molecule has 0 amide bonds. The first-order chi connectivity index (χ1) is 10.1. The molecule has 1 unspecified atom stereocenters. The Kier molecular flexibility index (Phi) is 4.04. The number of fused-ring (bicyclic) bond motifs is 1. The summed E-state index contributed by atoms with van der Waals surface area (Å²) in [5, 5.41) is 0. The van der Waals surface area contributed by atoms with E-state index in [1.807, 2.05) is 37.3 Å². The number of nitrogens with zero attached hydrogens (tertiary/aromatic N) is 1. The van der Waals surface area contributed by atoms with E-state index in [1.54, 1.807) is 4.57 Å². The summed E-state index contributed by atoms with van der Waals surface area (Å²) in [5.74, 6) is -0.307. The van der Waals surface area contributed by atoms with Gasteiger partial charge in [0.25, 0.3) is 0 Å². The fourth-order valence-electron chi connectivity index (χ4n) is 2.40. The lowest BCUT2D eigenvalue weighted by atomic mass is 10.0. The molecule has 5 heteroatoms. The summed E-state index contributed by atoms with van der Waals surface area (Å²) >= 11 is 7.19. The van der Waals surface area contributed by atoms with Crippen LogP contribution in [0.3, 0.4) is 0 Å². The Morgan fingerprint density at radius 3 is 2.67 bits per heavy atom. The number of alkyl halides is 1. The first-order valence-electron chi connectivity index (χ1n) is 6.63. The number of halogens is 2. The highest BCUT2D eigenvalue weighted by Crippen LogP contribution is 2.33. The molecule has 1 atom stereocenters. The van der Waals surface area contributed by atoms with E-state index in [4.69, 9.17) is 4.42 Å². The van der Waals surface area contributed by atoms with Crippen molar-refractivity contribution in [3.63, 3.8) is 0 Å². The lowest BCUT2D eigenvalue weighted by molar-refractivity contribution is 0.513. The first kappa shape index (κ1) is 14.6. The van der Waals surface area contributed by atoms with Crippen LogP contribution in [0.15, 0.2) is 56.1 Å². The Balaban J connectivity index is 2.07. The van der Waals surface area contributed by atoms with Crippen molar-refractivity contribution in [3.8, 4) is 0 Å². The highest BCUT2D eigenvalue weighted by atomic mass is 79.9. The van der Waals surface area contributed by atoms with Crippen molar-refractivity contribution < 1.29 is 4.42 Å². The molecule has 0 saturated heterocycles. The number of rotatable bonds is 3. The van der Waals surface area contributed by atoms with Crippen molar-refractivity contribution in [3.05, 3.63) is 68.6 Å². The van der Waals surface area contributed by atoms with Gasteiger partial charge in [0.15, 0.2) is 5.58 Å². The Morgan fingerprint density at radius 2 is 1.95 bits per heavy atom. The van der Waals surface area contributed by atoms with Gasteiger partial charge in [-0.15, -0.1) is 0 Å². The molecule has 0 spiro atoms. The van der Waals surface area contributed by atoms with E-state index in [1.165, 1.54) is 0 Å². The minimum absolute atomic E-state index is 0.0506. The van der Waals surface area contributed by atoms with E-state index in [0.717, 1.165) is 21.1 Å². The largest absolute Gasteiger partial charge is 0.419 e. The quantitative estimate of drug-likeness (QED) is 0.578. The molecule has 0 aliphatic rings. The molecule has 3 nitrogen and oxygen atoms in total. The molecule has 3 rings (SSSR count). The molecule has 0 bridgehead atoms. The predicted octanol–water partition coefficient (Wildman–Crippen LogP) is 4.86. The summed E-state index contributed by atoms with van der Waals surface area (Å²) in [7, 11) is 0. The van der Waals surface area contributed by atoms with Crippen LogP contribution in [0, 0.1) is 0 Å². The molecule has 0 radical (unpaired) electrons. The van der Waals surface area contributed by atoms with Crippen LogP contribution in [0.25, 0.3) is 11.1 Å². The Bertz CT molecular complexity index is 851. The maximum atomic E-state index is 11.7. The Labute approximate surface area is 138 Å². The molecule has 108 valence electrons. The third kappa shape index (κ3) is 2.72. The number of benzene rings is 2. The van der Waals surface area contributed by atoms with Gasteiger partial charge in [-0.05, 0) is 42.3 Å². The average Bonchev–Trinajstić information content (AvgIpc) is 2.80. The average molecular weight is 411 g/mol. The van der Waals surface area contributed by atoms with Crippen LogP contribution in [0.2, 0.25) is 0 Å². The maximum Gasteiger partial charge on any atom is 0.419 e. The summed E-state index contributed by atoms with van der Waals surface area (Å²) in [6.45, 7) is 2.54. The van der Waals surface area contributed by atoms with Crippen LogP contribution in [0.1, 0.15) is 22.9 Å². The molecule has 1 heterocycles. The van der Waals surface area contributed by atoms with E-state index >= 15 is 0 Å². The SMILES string of the molecule is CCn1c(=O)oc2cc(C(Br)c3cccc(Br)c3)ccc21. The van der Waals surface area contributed by atoms with Gasteiger partial charge in [0, 0.05) is 11.0 Å². The normalized spacial score (nSPS) is 12.7.